The van der Waals surface area contributed by atoms with Crippen LogP contribution in [0.4, 0.5) is 0 Å². The summed E-state index contributed by atoms with van der Waals surface area (Å²) < 4.78 is 5.99. The maximum absolute atomic E-state index is 13.2. The standard InChI is InChI=1S/C27H41N3O4/c1-2-3-9-14-30-18-22(25(27(30)33)19-10-7-8-11-19)26(32)29-17-24(31)23-15-21(16-28-23)34-20-12-5-4-6-13-20/h4-6,12-13,19,21-25,28,31H,2-3,7-11,14-18H2,1H3,(H,29,32)/t21-,22?,23-,24+,25?/m1/s1. The van der Waals surface area contributed by atoms with Gasteiger partial charge in [0.05, 0.1) is 17.9 Å². The van der Waals surface area contributed by atoms with Crippen molar-refractivity contribution >= 4 is 11.8 Å². The lowest BCUT2D eigenvalue weighted by Crippen LogP contribution is -2.46. The summed E-state index contributed by atoms with van der Waals surface area (Å²) in [6.45, 7) is 4.27. The first kappa shape index (κ1) is 25.0. The van der Waals surface area contributed by atoms with Gasteiger partial charge in [0.25, 0.3) is 0 Å². The first-order valence-electron chi connectivity index (χ1n) is 13.3. The van der Waals surface area contributed by atoms with Crippen LogP contribution in [0.5, 0.6) is 5.75 Å². The largest absolute Gasteiger partial charge is 0.489 e. The third-order valence-corrected chi connectivity index (χ3v) is 7.84. The van der Waals surface area contributed by atoms with Gasteiger partial charge in [-0.2, -0.15) is 0 Å². The SMILES string of the molecule is CCCCCN1CC(C(=O)NC[C@H](O)[C@H]2C[C@@H](Oc3ccccc3)CN2)C(C2CCCC2)C1=O. The Morgan fingerprint density at radius 3 is 2.74 bits per heavy atom. The smallest absolute Gasteiger partial charge is 0.226 e. The summed E-state index contributed by atoms with van der Waals surface area (Å²) in [5.74, 6) is 0.714. The molecule has 34 heavy (non-hydrogen) atoms. The first-order chi connectivity index (χ1) is 16.6. The molecule has 3 aliphatic rings. The Kier molecular flexibility index (Phi) is 8.84. The minimum atomic E-state index is -0.698. The zero-order chi connectivity index (χ0) is 23.9. The van der Waals surface area contributed by atoms with Crippen molar-refractivity contribution < 1.29 is 19.4 Å². The monoisotopic (exact) mass is 471 g/mol. The van der Waals surface area contributed by atoms with E-state index in [2.05, 4.69) is 17.6 Å². The van der Waals surface area contributed by atoms with Crippen LogP contribution in [-0.2, 0) is 9.59 Å². The molecule has 7 nitrogen and oxygen atoms in total. The van der Waals surface area contributed by atoms with E-state index in [1.807, 2.05) is 35.2 Å². The van der Waals surface area contributed by atoms with Crippen molar-refractivity contribution in [3.8, 4) is 5.75 Å². The van der Waals surface area contributed by atoms with E-state index in [4.69, 9.17) is 4.74 Å². The summed E-state index contributed by atoms with van der Waals surface area (Å²) in [7, 11) is 0. The second-order valence-corrected chi connectivity index (χ2v) is 10.3. The Balaban J connectivity index is 1.28. The van der Waals surface area contributed by atoms with Crippen molar-refractivity contribution in [1.29, 1.82) is 0 Å². The predicted octanol–water partition coefficient (Wildman–Crippen LogP) is 2.73. The van der Waals surface area contributed by atoms with Gasteiger partial charge in [-0.3, -0.25) is 9.59 Å². The number of aliphatic hydroxyl groups is 1. The summed E-state index contributed by atoms with van der Waals surface area (Å²) in [6.07, 6.45) is 7.57. The number of aliphatic hydroxyl groups excluding tert-OH is 1. The van der Waals surface area contributed by atoms with Crippen LogP contribution in [0.1, 0.15) is 58.3 Å². The highest BCUT2D eigenvalue weighted by Crippen LogP contribution is 2.40. The lowest BCUT2D eigenvalue weighted by molar-refractivity contribution is -0.135. The molecule has 2 unspecified atom stereocenters. The maximum atomic E-state index is 13.2. The minimum Gasteiger partial charge on any atom is -0.489 e. The number of unbranched alkanes of at least 4 members (excludes halogenated alkanes) is 2. The number of ether oxygens (including phenoxy) is 1. The molecule has 4 rings (SSSR count). The lowest BCUT2D eigenvalue weighted by atomic mass is 9.82. The van der Waals surface area contributed by atoms with Crippen LogP contribution >= 0.6 is 0 Å². The summed E-state index contributed by atoms with van der Waals surface area (Å²) in [5, 5.41) is 17.0. The molecule has 188 valence electrons. The first-order valence-corrected chi connectivity index (χ1v) is 13.3. The van der Waals surface area contributed by atoms with Crippen molar-refractivity contribution in [3.05, 3.63) is 30.3 Å². The Morgan fingerprint density at radius 1 is 1.24 bits per heavy atom. The third kappa shape index (κ3) is 6.11. The molecule has 0 spiro atoms. The van der Waals surface area contributed by atoms with Gasteiger partial charge >= 0.3 is 0 Å². The molecule has 0 bridgehead atoms. The average molecular weight is 472 g/mol. The van der Waals surface area contributed by atoms with Crippen molar-refractivity contribution in [1.82, 2.24) is 15.5 Å². The molecular weight excluding hydrogens is 430 g/mol. The maximum Gasteiger partial charge on any atom is 0.226 e. The van der Waals surface area contributed by atoms with E-state index in [9.17, 15) is 14.7 Å². The van der Waals surface area contributed by atoms with E-state index >= 15 is 0 Å². The summed E-state index contributed by atoms with van der Waals surface area (Å²) >= 11 is 0. The Labute approximate surface area is 203 Å². The number of carbonyl (C=O) groups excluding carboxylic acids is 2. The average Bonchev–Trinajstić information content (AvgIpc) is 3.59. The minimum absolute atomic E-state index is 0.00590. The van der Waals surface area contributed by atoms with Gasteiger partial charge in [0.15, 0.2) is 0 Å². The number of nitrogens with one attached hydrogen (secondary N) is 2. The van der Waals surface area contributed by atoms with Crippen LogP contribution in [0, 0.1) is 17.8 Å². The van der Waals surface area contributed by atoms with Gasteiger partial charge in [-0.05, 0) is 37.3 Å². The van der Waals surface area contributed by atoms with Gasteiger partial charge < -0.3 is 25.4 Å². The molecule has 7 heteroatoms. The molecule has 3 N–H and O–H groups in total. The van der Waals surface area contributed by atoms with Crippen LogP contribution in [0.25, 0.3) is 0 Å². The molecule has 3 fully saturated rings. The number of para-hydroxylation sites is 1. The van der Waals surface area contributed by atoms with Crippen LogP contribution < -0.4 is 15.4 Å². The predicted molar refractivity (Wildman–Crippen MR) is 131 cm³/mol. The summed E-state index contributed by atoms with van der Waals surface area (Å²) in [5.41, 5.74) is 0. The number of amides is 2. The molecule has 2 aliphatic heterocycles. The Hall–Kier alpha value is -2.12. The molecule has 2 amide bonds. The fourth-order valence-corrected chi connectivity index (χ4v) is 5.96. The third-order valence-electron chi connectivity index (χ3n) is 7.84. The molecule has 5 atom stereocenters. The fraction of sp³-hybridized carbons (Fsp3) is 0.704. The topological polar surface area (TPSA) is 90.9 Å². The molecular formula is C27H41N3O4. The fourth-order valence-electron chi connectivity index (χ4n) is 5.96. The van der Waals surface area contributed by atoms with E-state index in [1.54, 1.807) is 0 Å². The van der Waals surface area contributed by atoms with Gasteiger partial charge in [-0.25, -0.2) is 0 Å². The van der Waals surface area contributed by atoms with Gasteiger partial charge in [-0.1, -0.05) is 50.8 Å². The number of benzene rings is 1. The zero-order valence-electron chi connectivity index (χ0n) is 20.5. The number of likely N-dealkylation sites (tertiary alicyclic amines) is 1. The molecule has 0 aromatic heterocycles. The van der Waals surface area contributed by atoms with E-state index in [1.165, 1.54) is 0 Å². The van der Waals surface area contributed by atoms with Crippen molar-refractivity contribution in [2.24, 2.45) is 17.8 Å². The Bertz CT molecular complexity index is 798. The van der Waals surface area contributed by atoms with Crippen LogP contribution in [0.3, 0.4) is 0 Å². The normalized spacial score (nSPS) is 28.4. The lowest BCUT2D eigenvalue weighted by Gasteiger charge is -2.24. The van der Waals surface area contributed by atoms with Crippen molar-refractivity contribution in [3.63, 3.8) is 0 Å². The molecule has 2 heterocycles. The van der Waals surface area contributed by atoms with Crippen LogP contribution in [0.2, 0.25) is 0 Å². The van der Waals surface area contributed by atoms with E-state index in [0.717, 1.165) is 57.2 Å². The van der Waals surface area contributed by atoms with Crippen LogP contribution in [-0.4, -0.2) is 66.2 Å². The summed E-state index contributed by atoms with van der Waals surface area (Å²) in [6, 6.07) is 9.57. The molecule has 1 aromatic carbocycles. The molecule has 1 aliphatic carbocycles. The van der Waals surface area contributed by atoms with Gasteiger partial charge in [-0.15, -0.1) is 0 Å². The number of rotatable bonds is 11. The van der Waals surface area contributed by atoms with Gasteiger partial charge in [0.2, 0.25) is 11.8 Å². The van der Waals surface area contributed by atoms with E-state index in [0.29, 0.717) is 25.4 Å². The van der Waals surface area contributed by atoms with E-state index < -0.39 is 6.10 Å². The number of carbonyl (C=O) groups is 2. The highest BCUT2D eigenvalue weighted by atomic mass is 16.5. The highest BCUT2D eigenvalue weighted by Gasteiger charge is 2.48. The highest BCUT2D eigenvalue weighted by molar-refractivity contribution is 5.91. The number of nitrogens with zero attached hydrogens (tertiary/aromatic N) is 1. The Morgan fingerprint density at radius 2 is 2.00 bits per heavy atom. The van der Waals surface area contributed by atoms with Crippen molar-refractivity contribution in [2.45, 2.75) is 76.5 Å². The molecule has 0 radical (unpaired) electrons. The molecule has 2 saturated heterocycles. The van der Waals surface area contributed by atoms with Gasteiger partial charge in [0.1, 0.15) is 11.9 Å². The van der Waals surface area contributed by atoms with Crippen LogP contribution in [0.15, 0.2) is 30.3 Å². The zero-order valence-corrected chi connectivity index (χ0v) is 20.5. The van der Waals surface area contributed by atoms with Crippen molar-refractivity contribution in [2.75, 3.05) is 26.2 Å². The molecule has 1 saturated carbocycles. The quantitative estimate of drug-likeness (QED) is 0.432. The second kappa shape index (κ2) is 12.0. The second-order valence-electron chi connectivity index (χ2n) is 10.3. The molecule has 1 aromatic rings. The number of hydrogen-bond donors (Lipinski definition) is 3. The summed E-state index contributed by atoms with van der Waals surface area (Å²) in [4.78, 5) is 28.3. The number of hydrogen-bond acceptors (Lipinski definition) is 5. The van der Waals surface area contributed by atoms with E-state index in [-0.39, 0.29) is 42.3 Å². The van der Waals surface area contributed by atoms with Gasteiger partial charge in [0, 0.05) is 38.6 Å².